The molecule has 0 radical (unpaired) electrons. The van der Waals surface area contributed by atoms with Crippen LogP contribution in [0.2, 0.25) is 0 Å². The fourth-order valence-electron chi connectivity index (χ4n) is 3.74. The molecule has 1 fully saturated rings. The van der Waals surface area contributed by atoms with E-state index in [-0.39, 0.29) is 11.1 Å². The number of hydrogen-bond acceptors (Lipinski definition) is 2. The smallest absolute Gasteiger partial charge is 0.0776 e. The molecule has 100 valence electrons. The maximum Gasteiger partial charge on any atom is 0.0776 e. The molecular formula is C16H26N2. The lowest BCUT2D eigenvalue weighted by Gasteiger charge is -2.55. The van der Waals surface area contributed by atoms with Crippen LogP contribution in [0.1, 0.15) is 46.6 Å². The highest BCUT2D eigenvalue weighted by Crippen LogP contribution is 2.37. The lowest BCUT2D eigenvalue weighted by Crippen LogP contribution is -2.67. The van der Waals surface area contributed by atoms with Crippen LogP contribution in [0.3, 0.4) is 0 Å². The summed E-state index contributed by atoms with van der Waals surface area (Å²) in [7, 11) is 0. The van der Waals surface area contributed by atoms with Crippen LogP contribution in [0.4, 0.5) is 5.69 Å². The fraction of sp³-hybridized carbons (Fsp3) is 0.625. The van der Waals surface area contributed by atoms with E-state index >= 15 is 0 Å². The molecule has 1 atom stereocenters. The minimum Gasteiger partial charge on any atom is -0.351 e. The van der Waals surface area contributed by atoms with E-state index in [9.17, 15) is 0 Å². The zero-order valence-electron chi connectivity index (χ0n) is 12.5. The Hall–Kier alpha value is -1.02. The van der Waals surface area contributed by atoms with Crippen LogP contribution in [-0.4, -0.2) is 17.2 Å². The zero-order valence-corrected chi connectivity index (χ0v) is 12.5. The van der Waals surface area contributed by atoms with Crippen molar-refractivity contribution in [3.05, 3.63) is 29.8 Å². The van der Waals surface area contributed by atoms with Crippen molar-refractivity contribution in [2.75, 3.05) is 4.90 Å². The zero-order chi connectivity index (χ0) is 13.6. The van der Waals surface area contributed by atoms with Gasteiger partial charge in [0.1, 0.15) is 0 Å². The Balaban J connectivity index is 2.41. The Bertz CT molecular complexity index is 434. The van der Waals surface area contributed by atoms with Gasteiger partial charge in [0.25, 0.3) is 0 Å². The third kappa shape index (κ3) is 2.39. The molecule has 0 bridgehead atoms. The van der Waals surface area contributed by atoms with Gasteiger partial charge in [0.2, 0.25) is 0 Å². The molecular weight excluding hydrogens is 220 g/mol. The minimum absolute atomic E-state index is 0.167. The lowest BCUT2D eigenvalue weighted by atomic mass is 9.81. The van der Waals surface area contributed by atoms with Crippen LogP contribution in [0.5, 0.6) is 0 Å². The van der Waals surface area contributed by atoms with E-state index in [2.05, 4.69) is 76.0 Å². The maximum absolute atomic E-state index is 3.71. The number of anilines is 1. The van der Waals surface area contributed by atoms with E-state index in [0.29, 0.717) is 6.17 Å². The predicted octanol–water partition coefficient (Wildman–Crippen LogP) is 3.70. The Kier molecular flexibility index (Phi) is 3.18. The second-order valence-corrected chi connectivity index (χ2v) is 6.85. The molecule has 1 aliphatic rings. The highest BCUT2D eigenvalue weighted by Gasteiger charge is 2.42. The topological polar surface area (TPSA) is 15.3 Å². The molecule has 0 amide bonds. The van der Waals surface area contributed by atoms with E-state index in [1.54, 1.807) is 0 Å². The number of aryl methyl sites for hydroxylation is 1. The van der Waals surface area contributed by atoms with Gasteiger partial charge in [-0.2, -0.15) is 0 Å². The van der Waals surface area contributed by atoms with Crippen molar-refractivity contribution in [2.45, 2.75) is 65.2 Å². The quantitative estimate of drug-likeness (QED) is 0.813. The van der Waals surface area contributed by atoms with Gasteiger partial charge < -0.3 is 4.90 Å². The Morgan fingerprint density at radius 3 is 2.33 bits per heavy atom. The predicted molar refractivity (Wildman–Crippen MR) is 79.0 cm³/mol. The van der Waals surface area contributed by atoms with E-state index in [4.69, 9.17) is 0 Å². The summed E-state index contributed by atoms with van der Waals surface area (Å²) in [5.74, 6) is 0. The molecule has 2 rings (SSSR count). The summed E-state index contributed by atoms with van der Waals surface area (Å²) >= 11 is 0. The van der Waals surface area contributed by atoms with Crippen LogP contribution in [-0.2, 0) is 0 Å². The third-order valence-corrected chi connectivity index (χ3v) is 3.89. The van der Waals surface area contributed by atoms with Gasteiger partial charge in [-0.25, -0.2) is 0 Å². The summed E-state index contributed by atoms with van der Waals surface area (Å²) in [6.45, 7) is 13.7. The molecule has 1 N–H and O–H groups in total. The Morgan fingerprint density at radius 2 is 1.78 bits per heavy atom. The molecule has 0 spiro atoms. The molecule has 18 heavy (non-hydrogen) atoms. The van der Waals surface area contributed by atoms with Gasteiger partial charge >= 0.3 is 0 Å². The van der Waals surface area contributed by atoms with Gasteiger partial charge in [-0.15, -0.1) is 0 Å². The largest absolute Gasteiger partial charge is 0.351 e. The lowest BCUT2D eigenvalue weighted by molar-refractivity contribution is 0.182. The van der Waals surface area contributed by atoms with Crippen LogP contribution in [0, 0.1) is 6.92 Å². The van der Waals surface area contributed by atoms with Crippen LogP contribution >= 0.6 is 0 Å². The molecule has 2 nitrogen and oxygen atoms in total. The normalized spacial score (nSPS) is 26.1. The van der Waals surface area contributed by atoms with Crippen molar-refractivity contribution < 1.29 is 0 Å². The molecule has 0 aromatic heterocycles. The second-order valence-electron chi connectivity index (χ2n) is 6.85. The second kappa shape index (κ2) is 4.27. The average Bonchev–Trinajstić information content (AvgIpc) is 2.16. The van der Waals surface area contributed by atoms with Crippen molar-refractivity contribution in [1.29, 1.82) is 0 Å². The maximum atomic E-state index is 3.71. The van der Waals surface area contributed by atoms with Crippen molar-refractivity contribution >= 4 is 5.69 Å². The number of benzene rings is 1. The van der Waals surface area contributed by atoms with E-state index in [1.807, 2.05) is 0 Å². The SMILES string of the molecule is Cc1ccccc1N1C(C)NC(C)(C)CC1(C)C. The first-order chi connectivity index (χ1) is 8.23. The van der Waals surface area contributed by atoms with Gasteiger partial charge in [-0.05, 0) is 59.6 Å². The first-order valence-electron chi connectivity index (χ1n) is 6.86. The summed E-state index contributed by atoms with van der Waals surface area (Å²) in [4.78, 5) is 2.52. The molecule has 1 aromatic rings. The molecule has 1 saturated heterocycles. The van der Waals surface area contributed by atoms with Crippen LogP contribution in [0.15, 0.2) is 24.3 Å². The van der Waals surface area contributed by atoms with Crippen LogP contribution < -0.4 is 10.2 Å². The van der Waals surface area contributed by atoms with Gasteiger partial charge in [0, 0.05) is 16.8 Å². The summed E-state index contributed by atoms with van der Waals surface area (Å²) in [6.07, 6.45) is 1.49. The van der Waals surface area contributed by atoms with Gasteiger partial charge in [-0.1, -0.05) is 18.2 Å². The van der Waals surface area contributed by atoms with Gasteiger partial charge in [0.15, 0.2) is 0 Å². The summed E-state index contributed by atoms with van der Waals surface area (Å²) < 4.78 is 0. The summed E-state index contributed by atoms with van der Waals surface area (Å²) in [5, 5.41) is 3.71. The van der Waals surface area contributed by atoms with Crippen molar-refractivity contribution in [3.8, 4) is 0 Å². The van der Waals surface area contributed by atoms with E-state index < -0.39 is 0 Å². The molecule has 1 aromatic carbocycles. The molecule has 2 heteroatoms. The fourth-order valence-corrected chi connectivity index (χ4v) is 3.74. The molecule has 1 heterocycles. The molecule has 0 aliphatic carbocycles. The number of rotatable bonds is 1. The minimum atomic E-state index is 0.167. The Labute approximate surface area is 111 Å². The van der Waals surface area contributed by atoms with Crippen molar-refractivity contribution in [1.82, 2.24) is 5.32 Å². The van der Waals surface area contributed by atoms with Crippen LogP contribution in [0.25, 0.3) is 0 Å². The van der Waals surface area contributed by atoms with E-state index in [1.165, 1.54) is 11.3 Å². The van der Waals surface area contributed by atoms with Gasteiger partial charge in [0.05, 0.1) is 6.17 Å². The number of nitrogens with one attached hydrogen (secondary N) is 1. The monoisotopic (exact) mass is 246 g/mol. The first-order valence-corrected chi connectivity index (χ1v) is 6.86. The average molecular weight is 246 g/mol. The molecule has 1 aliphatic heterocycles. The first kappa shape index (κ1) is 13.4. The molecule has 0 saturated carbocycles. The Morgan fingerprint density at radius 1 is 1.17 bits per heavy atom. The third-order valence-electron chi connectivity index (χ3n) is 3.89. The highest BCUT2D eigenvalue weighted by atomic mass is 15.4. The van der Waals surface area contributed by atoms with Gasteiger partial charge in [-0.3, -0.25) is 5.32 Å². The standard InChI is InChI=1S/C16H26N2/c1-12-9-7-8-10-14(12)18-13(2)17-15(3,4)11-16(18,5)6/h7-10,13,17H,11H2,1-6H3. The van der Waals surface area contributed by atoms with Crippen molar-refractivity contribution in [2.24, 2.45) is 0 Å². The number of nitrogens with zero attached hydrogens (tertiary/aromatic N) is 1. The van der Waals surface area contributed by atoms with E-state index in [0.717, 1.165) is 6.42 Å². The molecule has 1 unspecified atom stereocenters. The highest BCUT2D eigenvalue weighted by molar-refractivity contribution is 5.56. The number of hydrogen-bond donors (Lipinski definition) is 1. The van der Waals surface area contributed by atoms with Crippen molar-refractivity contribution in [3.63, 3.8) is 0 Å². The number of para-hydroxylation sites is 1. The summed E-state index contributed by atoms with van der Waals surface area (Å²) in [5.41, 5.74) is 3.06. The summed E-state index contributed by atoms with van der Waals surface area (Å²) in [6, 6.07) is 8.66.